The number of fused-ring (bicyclic) bond motifs is 1. The summed E-state index contributed by atoms with van der Waals surface area (Å²) in [5, 5.41) is 18.9. The standard InChI is InChI=1S/C13H16N6O2S2/c1-9(10-6-19-13(17-10)23-8-15-19)16-12(21)18(3-4-20)7-11-14-2-5-22-11/h2,5-6,8-9,20H,3-4,7H2,1H3,(H,16,21). The van der Waals surface area contributed by atoms with E-state index in [2.05, 4.69) is 20.4 Å². The molecule has 0 fully saturated rings. The van der Waals surface area contributed by atoms with Crippen LogP contribution in [0.4, 0.5) is 4.79 Å². The van der Waals surface area contributed by atoms with E-state index in [1.807, 2.05) is 12.3 Å². The first kappa shape index (κ1) is 15.8. The van der Waals surface area contributed by atoms with E-state index in [1.165, 1.54) is 27.6 Å². The fourth-order valence-corrected chi connectivity index (χ4v) is 3.32. The van der Waals surface area contributed by atoms with Gasteiger partial charge in [0.25, 0.3) is 0 Å². The Labute approximate surface area is 140 Å². The first-order valence-electron chi connectivity index (χ1n) is 7.01. The number of carbonyl (C=O) groups excluding carboxylic acids is 1. The minimum atomic E-state index is -0.258. The number of hydrogen-bond acceptors (Lipinski definition) is 7. The van der Waals surface area contributed by atoms with Gasteiger partial charge in [-0.1, -0.05) is 11.3 Å². The van der Waals surface area contributed by atoms with E-state index >= 15 is 0 Å². The number of imidazole rings is 1. The Morgan fingerprint density at radius 3 is 3.09 bits per heavy atom. The van der Waals surface area contributed by atoms with Crippen molar-refractivity contribution in [2.45, 2.75) is 19.5 Å². The molecular weight excluding hydrogens is 336 g/mol. The molecule has 1 atom stereocenters. The Hall–Kier alpha value is -2.04. The van der Waals surface area contributed by atoms with Crippen molar-refractivity contribution >= 4 is 33.7 Å². The predicted molar refractivity (Wildman–Crippen MR) is 87.4 cm³/mol. The van der Waals surface area contributed by atoms with Gasteiger partial charge in [-0.15, -0.1) is 11.3 Å². The molecule has 0 aromatic carbocycles. The van der Waals surface area contributed by atoms with Crippen LogP contribution in [0.1, 0.15) is 23.7 Å². The second-order valence-corrected chi connectivity index (χ2v) is 6.66. The van der Waals surface area contributed by atoms with Crippen LogP contribution in [0, 0.1) is 0 Å². The maximum absolute atomic E-state index is 12.4. The molecule has 1 unspecified atom stereocenters. The highest BCUT2D eigenvalue weighted by Crippen LogP contribution is 2.16. The van der Waals surface area contributed by atoms with E-state index in [0.29, 0.717) is 6.54 Å². The molecule has 10 heteroatoms. The molecule has 3 heterocycles. The topological polar surface area (TPSA) is 95.7 Å². The number of nitrogens with one attached hydrogen (secondary N) is 1. The van der Waals surface area contributed by atoms with Crippen LogP contribution in [0.2, 0.25) is 0 Å². The van der Waals surface area contributed by atoms with Crippen molar-refractivity contribution in [3.8, 4) is 0 Å². The molecule has 0 spiro atoms. The van der Waals surface area contributed by atoms with Gasteiger partial charge in [-0.3, -0.25) is 0 Å². The van der Waals surface area contributed by atoms with Crippen LogP contribution in [0.5, 0.6) is 0 Å². The summed E-state index contributed by atoms with van der Waals surface area (Å²) in [6.07, 6.45) is 3.50. The molecule has 3 rings (SSSR count). The number of aromatic nitrogens is 4. The Morgan fingerprint density at radius 2 is 2.39 bits per heavy atom. The summed E-state index contributed by atoms with van der Waals surface area (Å²) in [4.78, 5) is 23.4. The van der Waals surface area contributed by atoms with E-state index in [1.54, 1.807) is 22.4 Å². The third-order valence-corrected chi connectivity index (χ3v) is 4.71. The second kappa shape index (κ2) is 7.02. The van der Waals surface area contributed by atoms with Crippen LogP contribution in [0.15, 0.2) is 23.3 Å². The SMILES string of the molecule is CC(NC(=O)N(CCO)Cc1nccs1)c1cn2ncsc2n1. The lowest BCUT2D eigenvalue weighted by Crippen LogP contribution is -2.42. The zero-order chi connectivity index (χ0) is 16.2. The van der Waals surface area contributed by atoms with Gasteiger partial charge in [0.15, 0.2) is 0 Å². The number of nitrogens with zero attached hydrogens (tertiary/aromatic N) is 5. The van der Waals surface area contributed by atoms with Crippen molar-refractivity contribution in [3.05, 3.63) is 34.0 Å². The minimum absolute atomic E-state index is 0.0999. The molecule has 122 valence electrons. The van der Waals surface area contributed by atoms with Gasteiger partial charge in [0.05, 0.1) is 31.1 Å². The number of urea groups is 1. The second-order valence-electron chi connectivity index (χ2n) is 4.87. The lowest BCUT2D eigenvalue weighted by Gasteiger charge is -2.23. The Kier molecular flexibility index (Phi) is 4.84. The third kappa shape index (κ3) is 3.66. The molecule has 23 heavy (non-hydrogen) atoms. The fourth-order valence-electron chi connectivity index (χ4n) is 2.08. The fraction of sp³-hybridized carbons (Fsp3) is 0.385. The van der Waals surface area contributed by atoms with Crippen LogP contribution in [0.25, 0.3) is 4.96 Å². The lowest BCUT2D eigenvalue weighted by atomic mass is 10.2. The molecule has 0 saturated carbocycles. The van der Waals surface area contributed by atoms with E-state index in [9.17, 15) is 9.90 Å². The van der Waals surface area contributed by atoms with Gasteiger partial charge in [0.2, 0.25) is 4.96 Å². The molecule has 3 aromatic rings. The average molecular weight is 352 g/mol. The molecule has 3 aromatic heterocycles. The first-order valence-corrected chi connectivity index (χ1v) is 8.76. The summed E-state index contributed by atoms with van der Waals surface area (Å²) in [5.41, 5.74) is 2.46. The molecule has 0 saturated heterocycles. The van der Waals surface area contributed by atoms with Crippen molar-refractivity contribution in [2.24, 2.45) is 0 Å². The number of thiazole rings is 1. The average Bonchev–Trinajstić information content (AvgIpc) is 3.23. The van der Waals surface area contributed by atoms with Gasteiger partial charge < -0.3 is 15.3 Å². The van der Waals surface area contributed by atoms with Crippen LogP contribution in [-0.2, 0) is 6.54 Å². The van der Waals surface area contributed by atoms with E-state index < -0.39 is 0 Å². The molecule has 0 aliphatic carbocycles. The van der Waals surface area contributed by atoms with Gasteiger partial charge in [-0.25, -0.2) is 19.3 Å². The van der Waals surface area contributed by atoms with Crippen molar-refractivity contribution < 1.29 is 9.90 Å². The van der Waals surface area contributed by atoms with E-state index in [0.717, 1.165) is 15.7 Å². The van der Waals surface area contributed by atoms with Crippen molar-refractivity contribution in [3.63, 3.8) is 0 Å². The normalized spacial score (nSPS) is 12.4. The maximum atomic E-state index is 12.4. The monoisotopic (exact) mass is 352 g/mol. The molecule has 8 nitrogen and oxygen atoms in total. The van der Waals surface area contributed by atoms with Crippen molar-refractivity contribution in [1.29, 1.82) is 0 Å². The van der Waals surface area contributed by atoms with Crippen LogP contribution >= 0.6 is 22.7 Å². The van der Waals surface area contributed by atoms with Gasteiger partial charge in [-0.2, -0.15) is 5.10 Å². The minimum Gasteiger partial charge on any atom is -0.395 e. The smallest absolute Gasteiger partial charge is 0.318 e. The zero-order valence-electron chi connectivity index (χ0n) is 12.4. The summed E-state index contributed by atoms with van der Waals surface area (Å²) in [6.45, 7) is 2.39. The highest BCUT2D eigenvalue weighted by molar-refractivity contribution is 7.14. The number of hydrogen-bond donors (Lipinski definition) is 2. The predicted octanol–water partition coefficient (Wildman–Crippen LogP) is 1.51. The van der Waals surface area contributed by atoms with Gasteiger partial charge in [0, 0.05) is 18.1 Å². The zero-order valence-corrected chi connectivity index (χ0v) is 14.0. The highest BCUT2D eigenvalue weighted by Gasteiger charge is 2.19. The number of amides is 2. The largest absolute Gasteiger partial charge is 0.395 e. The maximum Gasteiger partial charge on any atom is 0.318 e. The van der Waals surface area contributed by atoms with Crippen molar-refractivity contribution in [1.82, 2.24) is 29.8 Å². The quantitative estimate of drug-likeness (QED) is 0.701. The van der Waals surface area contributed by atoms with Crippen LogP contribution in [-0.4, -0.2) is 48.8 Å². The molecule has 2 amide bonds. The third-order valence-electron chi connectivity index (χ3n) is 3.26. The highest BCUT2D eigenvalue weighted by atomic mass is 32.1. The number of aliphatic hydroxyl groups is 1. The Morgan fingerprint density at radius 1 is 1.52 bits per heavy atom. The van der Waals surface area contributed by atoms with Crippen LogP contribution < -0.4 is 5.32 Å². The number of rotatable bonds is 6. The molecule has 2 N–H and O–H groups in total. The summed E-state index contributed by atoms with van der Waals surface area (Å²) < 4.78 is 1.68. The summed E-state index contributed by atoms with van der Waals surface area (Å²) >= 11 is 2.92. The Bertz CT molecular complexity index is 740. The van der Waals surface area contributed by atoms with Gasteiger partial charge in [0.1, 0.15) is 10.5 Å². The van der Waals surface area contributed by atoms with Gasteiger partial charge >= 0.3 is 6.03 Å². The summed E-state index contributed by atoms with van der Waals surface area (Å²) in [6, 6.07) is -0.514. The lowest BCUT2D eigenvalue weighted by molar-refractivity contribution is 0.171. The molecule has 0 radical (unpaired) electrons. The summed E-state index contributed by atoms with van der Waals surface area (Å²) in [5.74, 6) is 0. The Balaban J connectivity index is 1.66. The van der Waals surface area contributed by atoms with Crippen molar-refractivity contribution in [2.75, 3.05) is 13.2 Å². The number of aliphatic hydroxyl groups excluding tert-OH is 1. The van der Waals surface area contributed by atoms with Crippen LogP contribution in [0.3, 0.4) is 0 Å². The summed E-state index contributed by atoms with van der Waals surface area (Å²) in [7, 11) is 0. The first-order chi connectivity index (χ1) is 11.2. The van der Waals surface area contributed by atoms with E-state index in [4.69, 9.17) is 0 Å². The van der Waals surface area contributed by atoms with E-state index in [-0.39, 0.29) is 25.2 Å². The molecule has 0 bridgehead atoms. The molecule has 0 aliphatic rings. The number of carbonyl (C=O) groups is 1. The molecular formula is C13H16N6O2S2. The van der Waals surface area contributed by atoms with Gasteiger partial charge in [-0.05, 0) is 6.92 Å². The molecule has 0 aliphatic heterocycles.